The average Bonchev–Trinajstić information content (AvgIpc) is 2.43. The molecule has 0 aromatic rings. The van der Waals surface area contributed by atoms with Gasteiger partial charge in [-0.15, -0.1) is 0 Å². The molecule has 20 heavy (non-hydrogen) atoms. The first-order chi connectivity index (χ1) is 9.69. The normalized spacial score (nSPS) is 15.9. The summed E-state index contributed by atoms with van der Waals surface area (Å²) >= 11 is 0. The van der Waals surface area contributed by atoms with E-state index in [9.17, 15) is 0 Å². The van der Waals surface area contributed by atoms with Crippen LogP contribution >= 0.6 is 0 Å². The van der Waals surface area contributed by atoms with Crippen LogP contribution in [-0.2, 0) is 0 Å². The van der Waals surface area contributed by atoms with Crippen LogP contribution < -0.4 is 5.32 Å². The molecule has 0 aromatic heterocycles. The number of hydrogen-bond acceptors (Lipinski definition) is 3. The molecule has 0 spiro atoms. The molecule has 0 saturated heterocycles. The van der Waals surface area contributed by atoms with Crippen molar-refractivity contribution in [2.24, 2.45) is 0 Å². The first-order valence-corrected chi connectivity index (χ1v) is 7.86. The summed E-state index contributed by atoms with van der Waals surface area (Å²) < 4.78 is 0. The van der Waals surface area contributed by atoms with Crippen LogP contribution in [0.4, 0.5) is 0 Å². The van der Waals surface area contributed by atoms with E-state index in [0.29, 0.717) is 0 Å². The minimum absolute atomic E-state index is 0.969. The third-order valence-corrected chi connectivity index (χ3v) is 3.55. The molecule has 3 heteroatoms. The maximum Gasteiger partial charge on any atom is 0.0403 e. The lowest BCUT2D eigenvalue weighted by molar-refractivity contribution is 0.291. The molecule has 1 N–H and O–H groups in total. The fourth-order valence-corrected chi connectivity index (χ4v) is 2.51. The van der Waals surface area contributed by atoms with E-state index in [4.69, 9.17) is 0 Å². The van der Waals surface area contributed by atoms with E-state index >= 15 is 0 Å². The van der Waals surface area contributed by atoms with Crippen molar-refractivity contribution >= 4 is 0 Å². The van der Waals surface area contributed by atoms with Crippen LogP contribution in [-0.4, -0.2) is 49.6 Å². The Kier molecular flexibility index (Phi) is 8.31. The second-order valence-electron chi connectivity index (χ2n) is 5.47. The highest BCUT2D eigenvalue weighted by Gasteiger charge is 2.06. The molecule has 0 fully saturated rings. The van der Waals surface area contributed by atoms with Crippen molar-refractivity contribution in [1.29, 1.82) is 0 Å². The molecular weight excluding hydrogens is 246 g/mol. The lowest BCUT2D eigenvalue weighted by atomic mass is 10.1. The third kappa shape index (κ3) is 6.40. The van der Waals surface area contributed by atoms with Crippen LogP contribution in [0, 0.1) is 0 Å². The Hall–Kier alpha value is -1.06. The fourth-order valence-electron chi connectivity index (χ4n) is 2.51. The fraction of sp³-hybridized carbons (Fsp3) is 0.647. The second-order valence-corrected chi connectivity index (χ2v) is 5.47. The van der Waals surface area contributed by atoms with Crippen LogP contribution in [0.3, 0.4) is 0 Å². The standard InChI is InChI=1S/C17H31N3/c1-5-10-19(6-2)12-9-17(13-18-4)15-20-11-7-8-16(3)14-20/h7-8,14-15,18H,5-6,9-13H2,1-4H3/b17-15-. The second kappa shape index (κ2) is 9.78. The molecule has 0 amide bonds. The van der Waals surface area contributed by atoms with Crippen LogP contribution in [0.25, 0.3) is 0 Å². The number of likely N-dealkylation sites (N-methyl/N-ethyl adjacent to an activating group) is 1. The minimum Gasteiger partial charge on any atom is -0.350 e. The van der Waals surface area contributed by atoms with E-state index in [2.05, 4.69) is 60.4 Å². The minimum atomic E-state index is 0.969. The zero-order valence-corrected chi connectivity index (χ0v) is 13.7. The van der Waals surface area contributed by atoms with E-state index in [1.807, 2.05) is 7.05 Å². The molecule has 1 aliphatic heterocycles. The summed E-state index contributed by atoms with van der Waals surface area (Å²) in [6.45, 7) is 12.1. The lowest BCUT2D eigenvalue weighted by Gasteiger charge is -2.23. The van der Waals surface area contributed by atoms with Crippen LogP contribution in [0.1, 0.15) is 33.6 Å². The summed E-state index contributed by atoms with van der Waals surface area (Å²) in [4.78, 5) is 4.82. The van der Waals surface area contributed by atoms with E-state index < -0.39 is 0 Å². The summed E-state index contributed by atoms with van der Waals surface area (Å²) in [5.74, 6) is 0. The molecule has 0 bridgehead atoms. The van der Waals surface area contributed by atoms with E-state index in [0.717, 1.165) is 32.6 Å². The monoisotopic (exact) mass is 277 g/mol. The van der Waals surface area contributed by atoms with Crippen LogP contribution in [0.5, 0.6) is 0 Å². The van der Waals surface area contributed by atoms with Gasteiger partial charge in [0.25, 0.3) is 0 Å². The van der Waals surface area contributed by atoms with Crippen molar-refractivity contribution < 1.29 is 0 Å². The molecule has 0 aliphatic carbocycles. The van der Waals surface area contributed by atoms with Crippen molar-refractivity contribution in [2.45, 2.75) is 33.6 Å². The number of nitrogens with zero attached hydrogens (tertiary/aromatic N) is 2. The summed E-state index contributed by atoms with van der Waals surface area (Å²) in [7, 11) is 2.02. The maximum atomic E-state index is 3.29. The van der Waals surface area contributed by atoms with Crippen molar-refractivity contribution in [3.8, 4) is 0 Å². The van der Waals surface area contributed by atoms with Gasteiger partial charge >= 0.3 is 0 Å². The number of rotatable bonds is 9. The van der Waals surface area contributed by atoms with Crippen molar-refractivity contribution in [3.05, 3.63) is 35.7 Å². The zero-order valence-electron chi connectivity index (χ0n) is 13.7. The number of nitrogens with one attached hydrogen (secondary N) is 1. The molecule has 1 aliphatic rings. The lowest BCUT2D eigenvalue weighted by Crippen LogP contribution is -2.27. The Morgan fingerprint density at radius 2 is 2.20 bits per heavy atom. The smallest absolute Gasteiger partial charge is 0.0403 e. The Morgan fingerprint density at radius 1 is 1.40 bits per heavy atom. The van der Waals surface area contributed by atoms with Crippen LogP contribution in [0.15, 0.2) is 35.7 Å². The molecule has 1 heterocycles. The summed E-state index contributed by atoms with van der Waals surface area (Å²) in [5.41, 5.74) is 2.79. The Labute approximate surface area is 125 Å². The Bertz CT molecular complexity index is 355. The number of allylic oxidation sites excluding steroid dienone is 2. The quantitative estimate of drug-likeness (QED) is 0.699. The average molecular weight is 277 g/mol. The van der Waals surface area contributed by atoms with Crippen molar-refractivity contribution in [2.75, 3.05) is 39.8 Å². The zero-order chi connectivity index (χ0) is 14.8. The van der Waals surface area contributed by atoms with Gasteiger partial charge in [0.1, 0.15) is 0 Å². The highest BCUT2D eigenvalue weighted by atomic mass is 15.1. The summed E-state index contributed by atoms with van der Waals surface area (Å²) in [6.07, 6.45) is 11.3. The molecular formula is C17H31N3. The Morgan fingerprint density at radius 3 is 2.80 bits per heavy atom. The molecule has 1 rings (SSSR count). The Balaban J connectivity index is 2.57. The van der Waals surface area contributed by atoms with Gasteiger partial charge in [-0.1, -0.05) is 26.0 Å². The molecule has 0 aromatic carbocycles. The van der Waals surface area contributed by atoms with E-state index in [1.54, 1.807) is 0 Å². The molecule has 0 atom stereocenters. The topological polar surface area (TPSA) is 18.5 Å². The number of hydrogen-bond donors (Lipinski definition) is 1. The van der Waals surface area contributed by atoms with E-state index in [1.165, 1.54) is 24.1 Å². The largest absolute Gasteiger partial charge is 0.350 e. The SMILES string of the molecule is CCCN(CC)CC/C(=C/N1C=C(C)C=CC1)CNC. The van der Waals surface area contributed by atoms with Gasteiger partial charge in [-0.05, 0) is 51.0 Å². The van der Waals surface area contributed by atoms with Gasteiger partial charge in [-0.2, -0.15) is 0 Å². The highest BCUT2D eigenvalue weighted by molar-refractivity contribution is 5.22. The predicted octanol–water partition coefficient (Wildman–Crippen LogP) is 2.99. The highest BCUT2D eigenvalue weighted by Crippen LogP contribution is 2.11. The van der Waals surface area contributed by atoms with Crippen molar-refractivity contribution in [3.63, 3.8) is 0 Å². The summed E-state index contributed by atoms with van der Waals surface area (Å²) in [6, 6.07) is 0. The van der Waals surface area contributed by atoms with E-state index in [-0.39, 0.29) is 0 Å². The van der Waals surface area contributed by atoms with Gasteiger partial charge in [-0.25, -0.2) is 0 Å². The van der Waals surface area contributed by atoms with Gasteiger partial charge in [0.05, 0.1) is 0 Å². The molecule has 3 nitrogen and oxygen atoms in total. The maximum absolute atomic E-state index is 3.29. The first kappa shape index (κ1) is 17.0. The molecule has 0 radical (unpaired) electrons. The molecule has 0 unspecified atom stereocenters. The van der Waals surface area contributed by atoms with Gasteiger partial charge < -0.3 is 15.1 Å². The first-order valence-electron chi connectivity index (χ1n) is 7.86. The summed E-state index contributed by atoms with van der Waals surface area (Å²) in [5, 5.41) is 3.29. The molecule has 114 valence electrons. The van der Waals surface area contributed by atoms with Crippen LogP contribution in [0.2, 0.25) is 0 Å². The predicted molar refractivity (Wildman–Crippen MR) is 88.6 cm³/mol. The van der Waals surface area contributed by atoms with Gasteiger partial charge in [0.2, 0.25) is 0 Å². The van der Waals surface area contributed by atoms with Gasteiger partial charge in [-0.3, -0.25) is 0 Å². The third-order valence-electron chi connectivity index (χ3n) is 3.55. The van der Waals surface area contributed by atoms with Gasteiger partial charge in [0.15, 0.2) is 0 Å². The molecule has 0 saturated carbocycles. The van der Waals surface area contributed by atoms with Gasteiger partial charge in [0, 0.05) is 32.0 Å². The van der Waals surface area contributed by atoms with Crippen molar-refractivity contribution in [1.82, 2.24) is 15.1 Å².